The van der Waals surface area contributed by atoms with Gasteiger partial charge in [-0.3, -0.25) is 0 Å². The van der Waals surface area contributed by atoms with E-state index in [2.05, 4.69) is 0 Å². The highest BCUT2D eigenvalue weighted by molar-refractivity contribution is 5.59. The number of hydrogen-bond donors (Lipinski definition) is 0. The Morgan fingerprint density at radius 2 is 0.534 bits per heavy atom. The lowest BCUT2D eigenvalue weighted by Crippen LogP contribution is -2.48. The molecule has 0 spiro atoms. The molecule has 0 radical (unpaired) electrons. The number of ether oxygens (including phenoxy) is 10. The van der Waals surface area contributed by atoms with Crippen molar-refractivity contribution < 1.29 is 52.2 Å². The normalized spacial score (nSPS) is 28.1. The molecular formula is C47H74O11. The second kappa shape index (κ2) is 31.6. The first-order valence-electron chi connectivity index (χ1n) is 21.1. The molecule has 0 bridgehead atoms. The smallest absolute Gasteiger partial charge is 0.501 e. The van der Waals surface area contributed by atoms with Crippen LogP contribution in [0.15, 0.2) is 98.7 Å². The zero-order valence-electron chi connectivity index (χ0n) is 36.5. The van der Waals surface area contributed by atoms with E-state index in [0.29, 0.717) is 52.9 Å². The van der Waals surface area contributed by atoms with E-state index in [1.807, 2.05) is 104 Å². The van der Waals surface area contributed by atoms with Gasteiger partial charge in [-0.25, -0.2) is 4.79 Å². The molecule has 10 unspecified atom stereocenters. The molecule has 0 saturated heterocycles. The quantitative estimate of drug-likeness (QED) is 0.0556. The van der Waals surface area contributed by atoms with Crippen molar-refractivity contribution in [3.05, 3.63) is 98.7 Å². The summed E-state index contributed by atoms with van der Waals surface area (Å²) in [6.07, 6.45) is 29.5. The molecule has 0 aromatic heterocycles. The molecule has 0 aliphatic heterocycles. The summed E-state index contributed by atoms with van der Waals surface area (Å²) < 4.78 is 60.1. The lowest BCUT2D eigenvalue weighted by atomic mass is 9.62. The molecule has 2 aliphatic carbocycles. The lowest BCUT2D eigenvalue weighted by Gasteiger charge is -2.46. The van der Waals surface area contributed by atoms with E-state index >= 15 is 0 Å². The predicted octanol–water partition coefficient (Wildman–Crippen LogP) is 10.5. The standard InChI is InChI=1S/C47H74O11/c1-9-17-49-27-37-25-39(43(33-53-21-13-5)45(35-55-23-15-7)41(37)31-51-19-11-3)29-57-47(48)58-30-40-26-38(28-50-18-10-2)42(32-52-20-12-4)46(36-56-24-16-8)44(40)34-54-22-14-6/h9-24,37-46H,25-36H2,1-8H3. The number of carbonyl (C=O) groups excluding carboxylic acids is 1. The van der Waals surface area contributed by atoms with E-state index in [4.69, 9.17) is 47.4 Å². The third-order valence-electron chi connectivity index (χ3n) is 10.9. The molecule has 328 valence electrons. The number of rotatable bonds is 28. The summed E-state index contributed by atoms with van der Waals surface area (Å²) in [6, 6.07) is 0. The average molecular weight is 815 g/mol. The maximum Gasteiger partial charge on any atom is 0.508 e. The van der Waals surface area contributed by atoms with Crippen LogP contribution in [0.1, 0.15) is 68.2 Å². The Morgan fingerprint density at radius 1 is 0.328 bits per heavy atom. The van der Waals surface area contributed by atoms with Gasteiger partial charge in [-0.2, -0.15) is 0 Å². The molecule has 0 aromatic carbocycles. The lowest BCUT2D eigenvalue weighted by molar-refractivity contribution is -0.0901. The summed E-state index contributed by atoms with van der Waals surface area (Å²) in [5, 5.41) is 0. The highest BCUT2D eigenvalue weighted by atomic mass is 16.7. The minimum Gasteiger partial charge on any atom is -0.501 e. The molecule has 2 rings (SSSR count). The second-order valence-corrected chi connectivity index (χ2v) is 14.8. The largest absolute Gasteiger partial charge is 0.508 e. The molecule has 11 heteroatoms. The van der Waals surface area contributed by atoms with E-state index in [1.165, 1.54) is 0 Å². The molecule has 2 aliphatic rings. The maximum atomic E-state index is 13.6. The third kappa shape index (κ3) is 18.0. The molecule has 11 nitrogen and oxygen atoms in total. The third-order valence-corrected chi connectivity index (χ3v) is 10.9. The molecule has 58 heavy (non-hydrogen) atoms. The van der Waals surface area contributed by atoms with Crippen LogP contribution in [0.3, 0.4) is 0 Å². The highest BCUT2D eigenvalue weighted by Gasteiger charge is 2.48. The fraction of sp³-hybridized carbons (Fsp3) is 0.638. The first-order valence-corrected chi connectivity index (χ1v) is 21.1. The van der Waals surface area contributed by atoms with Gasteiger partial charge in [0.2, 0.25) is 0 Å². The maximum absolute atomic E-state index is 13.6. The van der Waals surface area contributed by atoms with Crippen molar-refractivity contribution in [3.63, 3.8) is 0 Å². The number of allylic oxidation sites excluding steroid dienone is 8. The van der Waals surface area contributed by atoms with Crippen LogP contribution in [0.25, 0.3) is 0 Å². The Bertz CT molecular complexity index is 1210. The molecule has 0 aromatic rings. The monoisotopic (exact) mass is 815 g/mol. The molecule has 0 N–H and O–H groups in total. The second-order valence-electron chi connectivity index (χ2n) is 14.8. The van der Waals surface area contributed by atoms with Gasteiger partial charge in [-0.15, -0.1) is 0 Å². The van der Waals surface area contributed by atoms with Crippen LogP contribution < -0.4 is 0 Å². The molecule has 2 fully saturated rings. The molecule has 10 atom stereocenters. The van der Waals surface area contributed by atoms with Gasteiger partial charge in [0.25, 0.3) is 0 Å². The summed E-state index contributed by atoms with van der Waals surface area (Å²) in [5.74, 6) is 0.358. The van der Waals surface area contributed by atoms with Crippen molar-refractivity contribution in [2.24, 2.45) is 59.2 Å². The van der Waals surface area contributed by atoms with Gasteiger partial charge in [-0.05, 0) is 80.1 Å². The molecule has 2 saturated carbocycles. The van der Waals surface area contributed by atoms with E-state index in [1.54, 1.807) is 50.1 Å². The summed E-state index contributed by atoms with van der Waals surface area (Å²) in [7, 11) is 0. The topological polar surface area (TPSA) is 109 Å². The van der Waals surface area contributed by atoms with E-state index in [9.17, 15) is 4.79 Å². The fourth-order valence-corrected chi connectivity index (χ4v) is 8.33. The van der Waals surface area contributed by atoms with Crippen LogP contribution in [0.5, 0.6) is 0 Å². The van der Waals surface area contributed by atoms with E-state index in [-0.39, 0.29) is 72.4 Å². The van der Waals surface area contributed by atoms with Crippen LogP contribution in [0.4, 0.5) is 4.79 Å². The summed E-state index contributed by atoms with van der Waals surface area (Å²) in [5.41, 5.74) is 0. The summed E-state index contributed by atoms with van der Waals surface area (Å²) >= 11 is 0. The van der Waals surface area contributed by atoms with Crippen molar-refractivity contribution in [3.8, 4) is 0 Å². The minimum atomic E-state index is -0.704. The van der Waals surface area contributed by atoms with Crippen molar-refractivity contribution in [1.82, 2.24) is 0 Å². The van der Waals surface area contributed by atoms with Crippen molar-refractivity contribution >= 4 is 6.16 Å². The highest BCUT2D eigenvalue weighted by Crippen LogP contribution is 2.45. The molecule has 0 heterocycles. The predicted molar refractivity (Wildman–Crippen MR) is 228 cm³/mol. The van der Waals surface area contributed by atoms with Gasteiger partial charge in [0.1, 0.15) is 0 Å². The summed E-state index contributed by atoms with van der Waals surface area (Å²) in [6.45, 7) is 19.5. The zero-order chi connectivity index (χ0) is 42.2. The van der Waals surface area contributed by atoms with Crippen molar-refractivity contribution in [2.45, 2.75) is 68.2 Å². The Labute approximate surface area is 349 Å². The molecule has 0 amide bonds. The summed E-state index contributed by atoms with van der Waals surface area (Å²) in [4.78, 5) is 13.6. The average Bonchev–Trinajstić information content (AvgIpc) is 3.22. The Balaban J connectivity index is 2.37. The van der Waals surface area contributed by atoms with Gasteiger partial charge < -0.3 is 47.4 Å². The van der Waals surface area contributed by atoms with Gasteiger partial charge >= 0.3 is 6.16 Å². The number of hydrogen-bond acceptors (Lipinski definition) is 11. The first-order chi connectivity index (χ1) is 28.4. The van der Waals surface area contributed by atoms with Crippen molar-refractivity contribution in [2.75, 3.05) is 66.1 Å². The first kappa shape index (κ1) is 49.7. The van der Waals surface area contributed by atoms with Gasteiger partial charge in [0, 0.05) is 47.3 Å². The minimum absolute atomic E-state index is 0.00418. The van der Waals surface area contributed by atoms with Gasteiger partial charge in [0.15, 0.2) is 0 Å². The van der Waals surface area contributed by atoms with Crippen molar-refractivity contribution in [1.29, 1.82) is 0 Å². The Hall–Kier alpha value is -4.41. The SMILES string of the molecule is CC=COCC1CC(COC(=O)OCC2CC(COC=CC)C(COC=CC)C(COC=CC)C2COC=CC)C(COC=CC)C(COC=CC)C1COC=CC. The van der Waals surface area contributed by atoms with Crippen LogP contribution in [0.2, 0.25) is 0 Å². The van der Waals surface area contributed by atoms with Crippen LogP contribution in [-0.2, 0) is 47.4 Å². The fourth-order valence-electron chi connectivity index (χ4n) is 8.33. The van der Waals surface area contributed by atoms with Crippen LogP contribution in [-0.4, -0.2) is 72.2 Å². The van der Waals surface area contributed by atoms with Crippen LogP contribution in [0, 0.1) is 59.2 Å². The Kier molecular flexibility index (Phi) is 27.1. The van der Waals surface area contributed by atoms with E-state index < -0.39 is 6.16 Å². The number of carbonyl (C=O) groups is 1. The molecular weight excluding hydrogens is 741 g/mol. The van der Waals surface area contributed by atoms with Crippen LogP contribution >= 0.6 is 0 Å². The van der Waals surface area contributed by atoms with Gasteiger partial charge in [0.05, 0.1) is 116 Å². The van der Waals surface area contributed by atoms with E-state index in [0.717, 1.165) is 12.8 Å². The Morgan fingerprint density at radius 3 is 0.776 bits per heavy atom. The zero-order valence-corrected chi connectivity index (χ0v) is 36.5. The van der Waals surface area contributed by atoms with Gasteiger partial charge in [-0.1, -0.05) is 48.6 Å².